The van der Waals surface area contributed by atoms with Crippen molar-refractivity contribution in [2.45, 2.75) is 20.4 Å². The van der Waals surface area contributed by atoms with E-state index in [1.54, 1.807) is 7.11 Å². The maximum atomic E-state index is 5.18. The van der Waals surface area contributed by atoms with Crippen LogP contribution in [-0.4, -0.2) is 13.0 Å². The average molecular weight is 175 g/mol. The van der Waals surface area contributed by atoms with E-state index in [1.165, 1.54) is 16.7 Å². The molecule has 0 N–H and O–H groups in total. The molecule has 1 aromatic rings. The third-order valence-electron chi connectivity index (χ3n) is 2.54. The van der Waals surface area contributed by atoms with Gasteiger partial charge in [0.1, 0.15) is 0 Å². The minimum absolute atomic E-state index is 0.764. The molecule has 0 spiro atoms. The molecule has 0 atom stereocenters. The molecule has 0 radical (unpaired) electrons. The van der Waals surface area contributed by atoms with Gasteiger partial charge in [-0.05, 0) is 36.6 Å². The molecule has 0 aromatic heterocycles. The van der Waals surface area contributed by atoms with E-state index < -0.39 is 0 Å². The number of nitrogens with zero attached hydrogens (tertiary/aromatic N) is 1. The van der Waals surface area contributed by atoms with Gasteiger partial charge in [0, 0.05) is 5.56 Å². The number of aryl methyl sites for hydroxylation is 2. The van der Waals surface area contributed by atoms with Crippen LogP contribution in [0.25, 0.3) is 0 Å². The molecule has 1 aromatic carbocycles. The fraction of sp³-hybridized carbons (Fsp3) is 0.364. The maximum Gasteiger partial charge on any atom is 0.216 e. The normalized spacial score (nSPS) is 13.9. The second-order valence-corrected chi connectivity index (χ2v) is 3.42. The molecular formula is C11H13NO. The molecule has 0 unspecified atom stereocenters. The molecule has 0 aliphatic carbocycles. The Bertz CT molecular complexity index is 380. The number of hydrogen-bond acceptors (Lipinski definition) is 2. The highest BCUT2D eigenvalue weighted by Gasteiger charge is 2.16. The summed E-state index contributed by atoms with van der Waals surface area (Å²) in [5, 5.41) is 0. The lowest BCUT2D eigenvalue weighted by molar-refractivity contribution is 0.405. The van der Waals surface area contributed by atoms with Crippen LogP contribution in [-0.2, 0) is 11.3 Å². The Balaban J connectivity index is 2.54. The second kappa shape index (κ2) is 2.87. The summed E-state index contributed by atoms with van der Waals surface area (Å²) < 4.78 is 5.18. The standard InChI is InChI=1S/C11H13NO/c1-7-4-9-6-12-11(13-3)10(9)5-8(7)2/h4-5H,6H2,1-3H3. The molecule has 2 heteroatoms. The van der Waals surface area contributed by atoms with Gasteiger partial charge < -0.3 is 4.74 Å². The van der Waals surface area contributed by atoms with Gasteiger partial charge in [0.25, 0.3) is 0 Å². The van der Waals surface area contributed by atoms with Crippen LogP contribution in [0.15, 0.2) is 17.1 Å². The number of rotatable bonds is 0. The van der Waals surface area contributed by atoms with Gasteiger partial charge in [0.15, 0.2) is 0 Å². The minimum Gasteiger partial charge on any atom is -0.481 e. The molecule has 0 amide bonds. The smallest absolute Gasteiger partial charge is 0.216 e. The molecule has 0 saturated carbocycles. The summed E-state index contributed by atoms with van der Waals surface area (Å²) in [6, 6.07) is 4.35. The van der Waals surface area contributed by atoms with Gasteiger partial charge in [-0.25, -0.2) is 4.99 Å². The topological polar surface area (TPSA) is 21.6 Å². The maximum absolute atomic E-state index is 5.18. The molecular weight excluding hydrogens is 162 g/mol. The van der Waals surface area contributed by atoms with Crippen molar-refractivity contribution in [3.05, 3.63) is 34.4 Å². The predicted molar refractivity (Wildman–Crippen MR) is 53.2 cm³/mol. The highest BCUT2D eigenvalue weighted by molar-refractivity contribution is 5.97. The fourth-order valence-corrected chi connectivity index (χ4v) is 1.62. The first-order chi connectivity index (χ1) is 6.22. The highest BCUT2D eigenvalue weighted by atomic mass is 16.5. The summed E-state index contributed by atoms with van der Waals surface area (Å²) in [6.07, 6.45) is 0. The number of methoxy groups -OCH3 is 1. The van der Waals surface area contributed by atoms with E-state index in [4.69, 9.17) is 4.74 Å². The van der Waals surface area contributed by atoms with Crippen molar-refractivity contribution in [2.24, 2.45) is 4.99 Å². The van der Waals surface area contributed by atoms with Crippen LogP contribution in [0.3, 0.4) is 0 Å². The molecule has 68 valence electrons. The Kier molecular flexibility index (Phi) is 1.83. The van der Waals surface area contributed by atoms with E-state index in [0.717, 1.165) is 18.0 Å². The summed E-state index contributed by atoms with van der Waals surface area (Å²) in [4.78, 5) is 4.30. The lowest BCUT2D eigenvalue weighted by Crippen LogP contribution is -2.01. The lowest BCUT2D eigenvalue weighted by atomic mass is 10.0. The number of ether oxygens (including phenoxy) is 1. The van der Waals surface area contributed by atoms with Crippen LogP contribution in [0.2, 0.25) is 0 Å². The van der Waals surface area contributed by atoms with Crippen molar-refractivity contribution in [1.29, 1.82) is 0 Å². The first kappa shape index (κ1) is 8.30. The van der Waals surface area contributed by atoms with E-state index in [-0.39, 0.29) is 0 Å². The number of hydrogen-bond donors (Lipinski definition) is 0. The van der Waals surface area contributed by atoms with Crippen molar-refractivity contribution in [2.75, 3.05) is 7.11 Å². The zero-order valence-electron chi connectivity index (χ0n) is 8.22. The van der Waals surface area contributed by atoms with Crippen molar-refractivity contribution < 1.29 is 4.74 Å². The fourth-order valence-electron chi connectivity index (χ4n) is 1.62. The van der Waals surface area contributed by atoms with E-state index in [9.17, 15) is 0 Å². The van der Waals surface area contributed by atoms with Crippen LogP contribution >= 0.6 is 0 Å². The van der Waals surface area contributed by atoms with Crippen LogP contribution < -0.4 is 0 Å². The second-order valence-electron chi connectivity index (χ2n) is 3.42. The van der Waals surface area contributed by atoms with Gasteiger partial charge in [-0.1, -0.05) is 6.07 Å². The highest BCUT2D eigenvalue weighted by Crippen LogP contribution is 2.22. The quantitative estimate of drug-likeness (QED) is 0.592. The number of aliphatic imine (C=N–C) groups is 1. The minimum atomic E-state index is 0.764. The zero-order valence-corrected chi connectivity index (χ0v) is 8.22. The van der Waals surface area contributed by atoms with Gasteiger partial charge in [0.05, 0.1) is 13.7 Å². The Morgan fingerprint density at radius 1 is 1.23 bits per heavy atom. The third kappa shape index (κ3) is 1.22. The third-order valence-corrected chi connectivity index (χ3v) is 2.54. The van der Waals surface area contributed by atoms with Crippen LogP contribution in [0.4, 0.5) is 0 Å². The van der Waals surface area contributed by atoms with E-state index in [2.05, 4.69) is 31.0 Å². The SMILES string of the molecule is COC1=NCc2cc(C)c(C)cc21. The number of fused-ring (bicyclic) bond motifs is 1. The van der Waals surface area contributed by atoms with Gasteiger partial charge in [-0.15, -0.1) is 0 Å². The monoisotopic (exact) mass is 175 g/mol. The average Bonchev–Trinajstić information content (AvgIpc) is 2.48. The van der Waals surface area contributed by atoms with Crippen molar-refractivity contribution >= 4 is 5.90 Å². The van der Waals surface area contributed by atoms with Gasteiger partial charge in [0.2, 0.25) is 5.90 Å². The molecule has 2 nitrogen and oxygen atoms in total. The van der Waals surface area contributed by atoms with Crippen LogP contribution in [0.5, 0.6) is 0 Å². The summed E-state index contributed by atoms with van der Waals surface area (Å²) in [7, 11) is 1.67. The van der Waals surface area contributed by atoms with Gasteiger partial charge in [-0.2, -0.15) is 0 Å². The Morgan fingerprint density at radius 3 is 2.62 bits per heavy atom. The van der Waals surface area contributed by atoms with Crippen molar-refractivity contribution in [1.82, 2.24) is 0 Å². The first-order valence-corrected chi connectivity index (χ1v) is 4.41. The molecule has 1 aliphatic heterocycles. The van der Waals surface area contributed by atoms with Crippen molar-refractivity contribution in [3.63, 3.8) is 0 Å². The molecule has 2 rings (SSSR count). The number of benzene rings is 1. The lowest BCUT2D eigenvalue weighted by Gasteiger charge is -2.05. The molecule has 0 saturated heterocycles. The molecule has 0 fully saturated rings. The largest absolute Gasteiger partial charge is 0.481 e. The molecule has 0 bridgehead atoms. The van der Waals surface area contributed by atoms with Gasteiger partial charge in [-0.3, -0.25) is 0 Å². The summed E-state index contributed by atoms with van der Waals surface area (Å²) in [5.74, 6) is 0.776. The molecule has 1 heterocycles. The van der Waals surface area contributed by atoms with Crippen LogP contribution in [0.1, 0.15) is 22.3 Å². The predicted octanol–water partition coefficient (Wildman–Crippen LogP) is 2.21. The Labute approximate surface area is 78.3 Å². The van der Waals surface area contributed by atoms with E-state index in [1.807, 2.05) is 0 Å². The van der Waals surface area contributed by atoms with E-state index in [0.29, 0.717) is 0 Å². The zero-order chi connectivity index (χ0) is 9.42. The van der Waals surface area contributed by atoms with Crippen molar-refractivity contribution in [3.8, 4) is 0 Å². The molecule has 1 aliphatic rings. The summed E-state index contributed by atoms with van der Waals surface area (Å²) in [5.41, 5.74) is 5.06. The Morgan fingerprint density at radius 2 is 1.92 bits per heavy atom. The first-order valence-electron chi connectivity index (χ1n) is 4.41. The Hall–Kier alpha value is -1.31. The van der Waals surface area contributed by atoms with Gasteiger partial charge >= 0.3 is 0 Å². The summed E-state index contributed by atoms with van der Waals surface area (Å²) in [6.45, 7) is 5.00. The summed E-state index contributed by atoms with van der Waals surface area (Å²) >= 11 is 0. The van der Waals surface area contributed by atoms with E-state index >= 15 is 0 Å². The molecule has 13 heavy (non-hydrogen) atoms. The van der Waals surface area contributed by atoms with Crippen LogP contribution in [0, 0.1) is 13.8 Å².